The van der Waals surface area contributed by atoms with Crippen molar-refractivity contribution >= 4 is 0 Å². The van der Waals surface area contributed by atoms with Crippen LogP contribution in [-0.4, -0.2) is 36.2 Å². The Morgan fingerprint density at radius 3 is 2.77 bits per heavy atom. The lowest BCUT2D eigenvalue weighted by atomic mass is 9.63. The van der Waals surface area contributed by atoms with Gasteiger partial charge in [-0.25, -0.2) is 0 Å². The molecule has 0 aromatic heterocycles. The number of hydrogen-bond acceptors (Lipinski definition) is 3. The third-order valence-corrected chi connectivity index (χ3v) is 6.52. The summed E-state index contributed by atoms with van der Waals surface area (Å²) in [6, 6.07) is 17.1. The fourth-order valence-corrected chi connectivity index (χ4v) is 5.01. The molecule has 4 rings (SSSR count). The Balaban J connectivity index is 1.42. The van der Waals surface area contributed by atoms with Gasteiger partial charge in [0.2, 0.25) is 0 Å². The zero-order valence-electron chi connectivity index (χ0n) is 15.7. The van der Waals surface area contributed by atoms with Crippen molar-refractivity contribution in [3.63, 3.8) is 0 Å². The molecular weight excluding hydrogens is 322 g/mol. The molecule has 2 atom stereocenters. The summed E-state index contributed by atoms with van der Waals surface area (Å²) in [7, 11) is 1.71. The summed E-state index contributed by atoms with van der Waals surface area (Å²) < 4.78 is 5.25. The minimum absolute atomic E-state index is 0.276. The Kier molecular flexibility index (Phi) is 4.90. The van der Waals surface area contributed by atoms with E-state index in [9.17, 15) is 5.11 Å². The van der Waals surface area contributed by atoms with Gasteiger partial charge in [-0.1, -0.05) is 30.7 Å². The highest BCUT2D eigenvalue weighted by Gasteiger charge is 2.43. The number of phenols is 1. The van der Waals surface area contributed by atoms with E-state index < -0.39 is 0 Å². The second kappa shape index (κ2) is 7.32. The molecule has 2 aliphatic rings. The molecule has 1 N–H and O–H groups in total. The number of rotatable bonds is 5. The fourth-order valence-electron chi connectivity index (χ4n) is 5.01. The minimum atomic E-state index is 0.276. The quantitative estimate of drug-likeness (QED) is 0.859. The predicted molar refractivity (Wildman–Crippen MR) is 105 cm³/mol. The number of likely N-dealkylation sites (tertiary alicyclic amines) is 1. The van der Waals surface area contributed by atoms with Gasteiger partial charge in [-0.15, -0.1) is 0 Å². The molecule has 26 heavy (non-hydrogen) atoms. The molecule has 2 aromatic rings. The van der Waals surface area contributed by atoms with E-state index in [0.29, 0.717) is 11.8 Å². The number of ether oxygens (including phenoxy) is 1. The Bertz CT molecular complexity index is 742. The van der Waals surface area contributed by atoms with E-state index >= 15 is 0 Å². The van der Waals surface area contributed by atoms with Gasteiger partial charge < -0.3 is 9.84 Å². The molecule has 3 heteroatoms. The lowest BCUT2D eigenvalue weighted by Gasteiger charge is -2.51. The molecule has 1 aliphatic heterocycles. The summed E-state index contributed by atoms with van der Waals surface area (Å²) in [6.07, 6.45) is 7.40. The minimum Gasteiger partial charge on any atom is -0.508 e. The average molecular weight is 351 g/mol. The summed E-state index contributed by atoms with van der Waals surface area (Å²) in [5.41, 5.74) is 3.00. The van der Waals surface area contributed by atoms with Crippen LogP contribution in [0.15, 0.2) is 48.5 Å². The first-order valence-corrected chi connectivity index (χ1v) is 9.85. The largest absolute Gasteiger partial charge is 0.508 e. The molecule has 138 valence electrons. The summed E-state index contributed by atoms with van der Waals surface area (Å²) in [4.78, 5) is 2.70. The highest BCUT2D eigenvalue weighted by atomic mass is 16.5. The van der Waals surface area contributed by atoms with Gasteiger partial charge in [0, 0.05) is 12.6 Å². The van der Waals surface area contributed by atoms with Crippen LogP contribution in [0.25, 0.3) is 0 Å². The van der Waals surface area contributed by atoms with Crippen molar-refractivity contribution in [2.45, 2.75) is 50.0 Å². The molecule has 2 aromatic carbocycles. The van der Waals surface area contributed by atoms with Gasteiger partial charge in [-0.2, -0.15) is 0 Å². The standard InChI is InChI=1S/C23H29NO2/c1-26-22-9-7-18(8-10-22)11-14-24-15-13-23(12-3-5-20(24)17-23)19-4-2-6-21(25)16-19/h2,4,6-10,16,20,25H,3,5,11-15,17H2,1H3/t20-,23+/m1/s1. The van der Waals surface area contributed by atoms with Crippen LogP contribution in [0.4, 0.5) is 0 Å². The third-order valence-electron chi connectivity index (χ3n) is 6.52. The molecule has 1 heterocycles. The van der Waals surface area contributed by atoms with Crippen molar-refractivity contribution in [1.82, 2.24) is 4.90 Å². The summed E-state index contributed by atoms with van der Waals surface area (Å²) >= 11 is 0. The summed E-state index contributed by atoms with van der Waals surface area (Å²) in [5.74, 6) is 1.33. The Hall–Kier alpha value is -2.00. The van der Waals surface area contributed by atoms with E-state index in [4.69, 9.17) is 4.74 Å². The molecule has 3 nitrogen and oxygen atoms in total. The van der Waals surface area contributed by atoms with Gasteiger partial charge in [0.25, 0.3) is 0 Å². The van der Waals surface area contributed by atoms with E-state index in [2.05, 4.69) is 35.2 Å². The predicted octanol–water partition coefficient (Wildman–Crippen LogP) is 4.53. The highest BCUT2D eigenvalue weighted by molar-refractivity contribution is 5.34. The molecule has 0 amide bonds. The van der Waals surface area contributed by atoms with Crippen molar-refractivity contribution in [2.75, 3.05) is 20.2 Å². The number of aromatic hydroxyl groups is 1. The van der Waals surface area contributed by atoms with Gasteiger partial charge in [0.1, 0.15) is 11.5 Å². The SMILES string of the molecule is COc1ccc(CCN2CC[C@@]3(c4cccc(O)c4)CCC[C@@H]2C3)cc1. The maximum Gasteiger partial charge on any atom is 0.118 e. The summed E-state index contributed by atoms with van der Waals surface area (Å²) in [5, 5.41) is 9.92. The number of piperidine rings is 1. The summed E-state index contributed by atoms with van der Waals surface area (Å²) in [6.45, 7) is 2.30. The number of fused-ring (bicyclic) bond motifs is 2. The zero-order valence-corrected chi connectivity index (χ0v) is 15.7. The number of phenolic OH excluding ortho intramolecular Hbond substituents is 1. The first kappa shape index (κ1) is 17.4. The molecule has 1 aliphatic carbocycles. The monoisotopic (exact) mass is 351 g/mol. The Labute approximate surface area is 156 Å². The number of hydrogen-bond donors (Lipinski definition) is 1. The topological polar surface area (TPSA) is 32.7 Å². The van der Waals surface area contributed by atoms with Crippen LogP contribution in [0, 0.1) is 0 Å². The van der Waals surface area contributed by atoms with Gasteiger partial charge in [0.05, 0.1) is 7.11 Å². The number of methoxy groups -OCH3 is 1. The van der Waals surface area contributed by atoms with Crippen molar-refractivity contribution in [3.05, 3.63) is 59.7 Å². The molecule has 0 radical (unpaired) electrons. The van der Waals surface area contributed by atoms with Crippen molar-refractivity contribution in [1.29, 1.82) is 0 Å². The molecule has 2 fully saturated rings. The van der Waals surface area contributed by atoms with E-state index in [0.717, 1.165) is 25.3 Å². The van der Waals surface area contributed by atoms with Gasteiger partial charge in [-0.05, 0) is 79.5 Å². The lowest BCUT2D eigenvalue weighted by molar-refractivity contribution is 0.0524. The maximum atomic E-state index is 9.92. The van der Waals surface area contributed by atoms with Crippen LogP contribution < -0.4 is 4.74 Å². The van der Waals surface area contributed by atoms with E-state index in [1.54, 1.807) is 13.2 Å². The molecule has 2 bridgehead atoms. The van der Waals surface area contributed by atoms with E-state index in [1.165, 1.54) is 43.2 Å². The molecular formula is C23H29NO2. The fraction of sp³-hybridized carbons (Fsp3) is 0.478. The first-order valence-electron chi connectivity index (χ1n) is 9.85. The van der Waals surface area contributed by atoms with Crippen LogP contribution in [-0.2, 0) is 11.8 Å². The molecule has 0 spiro atoms. The van der Waals surface area contributed by atoms with E-state index in [-0.39, 0.29) is 5.41 Å². The second-order valence-corrected chi connectivity index (χ2v) is 7.96. The highest BCUT2D eigenvalue weighted by Crippen LogP contribution is 2.47. The van der Waals surface area contributed by atoms with Crippen LogP contribution in [0.2, 0.25) is 0 Å². The Morgan fingerprint density at radius 2 is 2.00 bits per heavy atom. The van der Waals surface area contributed by atoms with Gasteiger partial charge in [-0.3, -0.25) is 4.90 Å². The van der Waals surface area contributed by atoms with Crippen LogP contribution >= 0.6 is 0 Å². The molecule has 1 saturated carbocycles. The molecule has 1 saturated heterocycles. The molecule has 0 unspecified atom stereocenters. The zero-order chi connectivity index (χ0) is 18.0. The average Bonchev–Trinajstić information content (AvgIpc) is 2.68. The van der Waals surface area contributed by atoms with Crippen LogP contribution in [0.3, 0.4) is 0 Å². The second-order valence-electron chi connectivity index (χ2n) is 7.96. The number of nitrogens with zero attached hydrogens (tertiary/aromatic N) is 1. The lowest BCUT2D eigenvalue weighted by Crippen LogP contribution is -2.52. The maximum absolute atomic E-state index is 9.92. The van der Waals surface area contributed by atoms with Crippen LogP contribution in [0.5, 0.6) is 11.5 Å². The smallest absolute Gasteiger partial charge is 0.118 e. The van der Waals surface area contributed by atoms with Crippen molar-refractivity contribution in [3.8, 4) is 11.5 Å². The van der Waals surface area contributed by atoms with Crippen molar-refractivity contribution in [2.24, 2.45) is 0 Å². The third kappa shape index (κ3) is 3.45. The Morgan fingerprint density at radius 1 is 1.15 bits per heavy atom. The number of benzene rings is 2. The van der Waals surface area contributed by atoms with Crippen LogP contribution in [0.1, 0.15) is 43.2 Å². The van der Waals surface area contributed by atoms with Gasteiger partial charge in [0.15, 0.2) is 0 Å². The first-order chi connectivity index (χ1) is 12.7. The van der Waals surface area contributed by atoms with E-state index in [1.807, 2.05) is 12.1 Å². The normalized spacial score (nSPS) is 25.8. The van der Waals surface area contributed by atoms with Crippen molar-refractivity contribution < 1.29 is 9.84 Å². The van der Waals surface area contributed by atoms with Gasteiger partial charge >= 0.3 is 0 Å².